The highest BCUT2D eigenvalue weighted by molar-refractivity contribution is 5.93. The molecule has 3 atom stereocenters. The topological polar surface area (TPSA) is 57.7 Å². The maximum atomic E-state index is 12.7. The summed E-state index contributed by atoms with van der Waals surface area (Å²) in [5.41, 5.74) is 3.32. The van der Waals surface area contributed by atoms with Crippen molar-refractivity contribution in [3.63, 3.8) is 0 Å². The predicted molar refractivity (Wildman–Crippen MR) is 119 cm³/mol. The zero-order valence-electron chi connectivity index (χ0n) is 17.8. The summed E-state index contributed by atoms with van der Waals surface area (Å²) in [6.45, 7) is 7.17. The molecule has 30 heavy (non-hydrogen) atoms. The predicted octanol–water partition coefficient (Wildman–Crippen LogP) is 3.85. The van der Waals surface area contributed by atoms with Gasteiger partial charge in [0.05, 0.1) is 31.1 Å². The molecule has 1 amide bonds. The van der Waals surface area contributed by atoms with Crippen LogP contribution in [0.1, 0.15) is 38.3 Å². The third-order valence-corrected chi connectivity index (χ3v) is 6.72. The van der Waals surface area contributed by atoms with E-state index in [-0.39, 0.29) is 23.9 Å². The number of hydrogen-bond acceptors (Lipinski definition) is 5. The number of anilines is 3. The maximum Gasteiger partial charge on any atom is 0.225 e. The zero-order valence-corrected chi connectivity index (χ0v) is 17.8. The summed E-state index contributed by atoms with van der Waals surface area (Å²) in [6, 6.07) is 12.9. The standard InChI is InChI=1S/C24H30N4O2/c1-16-22(26-19-6-4-3-5-7-19)21-14-20(27-10-12-30-13-11-27)15-25-24(21)28(17(2)29)23(16)18-8-9-18/h3-7,14-16,18,22-23,26H,8-13H2,1-2H3/t16-,22-,23-/m1/s1. The van der Waals surface area contributed by atoms with Crippen LogP contribution in [0.4, 0.5) is 17.2 Å². The minimum Gasteiger partial charge on any atom is -0.378 e. The first-order chi connectivity index (χ1) is 14.6. The Morgan fingerprint density at radius 2 is 1.90 bits per heavy atom. The average molecular weight is 407 g/mol. The van der Waals surface area contributed by atoms with E-state index in [0.29, 0.717) is 5.92 Å². The molecular weight excluding hydrogens is 376 g/mol. The largest absolute Gasteiger partial charge is 0.378 e. The van der Waals surface area contributed by atoms with Crippen LogP contribution in [-0.2, 0) is 9.53 Å². The second-order valence-corrected chi connectivity index (χ2v) is 8.77. The molecule has 3 aliphatic rings. The van der Waals surface area contributed by atoms with Crippen LogP contribution in [0, 0.1) is 11.8 Å². The van der Waals surface area contributed by atoms with Gasteiger partial charge in [-0.2, -0.15) is 0 Å². The van der Waals surface area contributed by atoms with E-state index in [1.54, 1.807) is 6.92 Å². The highest BCUT2D eigenvalue weighted by atomic mass is 16.5. The van der Waals surface area contributed by atoms with Gasteiger partial charge in [-0.3, -0.25) is 9.69 Å². The average Bonchev–Trinajstić information content (AvgIpc) is 3.61. The summed E-state index contributed by atoms with van der Waals surface area (Å²) >= 11 is 0. The summed E-state index contributed by atoms with van der Waals surface area (Å²) < 4.78 is 5.52. The summed E-state index contributed by atoms with van der Waals surface area (Å²) in [5, 5.41) is 3.77. The van der Waals surface area contributed by atoms with E-state index in [1.165, 1.54) is 12.8 Å². The highest BCUT2D eigenvalue weighted by Gasteiger charge is 2.48. The fourth-order valence-corrected chi connectivity index (χ4v) is 5.10. The number of ether oxygens (including phenoxy) is 1. The number of carbonyl (C=O) groups is 1. The number of morpholine rings is 1. The summed E-state index contributed by atoms with van der Waals surface area (Å²) in [7, 11) is 0. The Bertz CT molecular complexity index is 909. The zero-order chi connectivity index (χ0) is 20.7. The lowest BCUT2D eigenvalue weighted by molar-refractivity contribution is -0.117. The van der Waals surface area contributed by atoms with Crippen molar-refractivity contribution in [2.75, 3.05) is 41.4 Å². The summed E-state index contributed by atoms with van der Waals surface area (Å²) in [6.07, 6.45) is 4.32. The quantitative estimate of drug-likeness (QED) is 0.836. The molecule has 0 radical (unpaired) electrons. The minimum atomic E-state index is 0.0878. The lowest BCUT2D eigenvalue weighted by Crippen LogP contribution is -2.51. The smallest absolute Gasteiger partial charge is 0.225 e. The number of aromatic nitrogens is 1. The van der Waals surface area contributed by atoms with Crippen molar-refractivity contribution >= 4 is 23.1 Å². The Morgan fingerprint density at radius 1 is 1.17 bits per heavy atom. The van der Waals surface area contributed by atoms with E-state index >= 15 is 0 Å². The number of amides is 1. The van der Waals surface area contributed by atoms with Crippen molar-refractivity contribution in [1.82, 2.24) is 4.98 Å². The highest BCUT2D eigenvalue weighted by Crippen LogP contribution is 2.49. The number of para-hydroxylation sites is 1. The lowest BCUT2D eigenvalue weighted by atomic mass is 9.81. The third-order valence-electron chi connectivity index (χ3n) is 6.72. The van der Waals surface area contributed by atoms with Crippen LogP contribution in [0.3, 0.4) is 0 Å². The van der Waals surface area contributed by atoms with Crippen LogP contribution in [0.5, 0.6) is 0 Å². The Balaban J connectivity index is 1.58. The van der Waals surface area contributed by atoms with Gasteiger partial charge in [0.1, 0.15) is 5.82 Å². The molecule has 1 N–H and O–H groups in total. The van der Waals surface area contributed by atoms with Gasteiger partial charge in [0, 0.05) is 43.2 Å². The number of hydrogen-bond donors (Lipinski definition) is 1. The summed E-state index contributed by atoms with van der Waals surface area (Å²) in [4.78, 5) is 21.9. The van der Waals surface area contributed by atoms with Crippen LogP contribution in [0.15, 0.2) is 42.6 Å². The third kappa shape index (κ3) is 3.54. The molecular formula is C24H30N4O2. The molecule has 6 heteroatoms. The van der Waals surface area contributed by atoms with E-state index in [1.807, 2.05) is 17.2 Å². The molecule has 2 fully saturated rings. The van der Waals surface area contributed by atoms with Gasteiger partial charge in [-0.25, -0.2) is 4.98 Å². The fraction of sp³-hybridized carbons (Fsp3) is 0.500. The van der Waals surface area contributed by atoms with E-state index in [9.17, 15) is 4.79 Å². The molecule has 1 aliphatic carbocycles. The number of nitrogens with zero attached hydrogens (tertiary/aromatic N) is 3. The molecule has 6 nitrogen and oxygen atoms in total. The van der Waals surface area contributed by atoms with Crippen molar-refractivity contribution in [2.24, 2.45) is 11.8 Å². The van der Waals surface area contributed by atoms with Crippen LogP contribution < -0.4 is 15.1 Å². The van der Waals surface area contributed by atoms with Crippen molar-refractivity contribution in [3.8, 4) is 0 Å². The van der Waals surface area contributed by atoms with Crippen molar-refractivity contribution in [2.45, 2.75) is 38.8 Å². The van der Waals surface area contributed by atoms with Gasteiger partial charge < -0.3 is 15.0 Å². The summed E-state index contributed by atoms with van der Waals surface area (Å²) in [5.74, 6) is 1.77. The Kier molecular flexibility index (Phi) is 5.11. The van der Waals surface area contributed by atoms with Crippen LogP contribution in [0.25, 0.3) is 0 Å². The van der Waals surface area contributed by atoms with Gasteiger partial charge in [-0.05, 0) is 37.0 Å². The monoisotopic (exact) mass is 406 g/mol. The SMILES string of the molecule is CC(=O)N1c2ncc(N3CCOCC3)cc2[C@H](Nc2ccccc2)[C@@H](C)[C@@H]1C1CC1. The van der Waals surface area contributed by atoms with Gasteiger partial charge >= 0.3 is 0 Å². The Labute approximate surface area is 178 Å². The van der Waals surface area contributed by atoms with Gasteiger partial charge in [0.2, 0.25) is 5.91 Å². The molecule has 1 aromatic heterocycles. The fourth-order valence-electron chi connectivity index (χ4n) is 5.10. The van der Waals surface area contributed by atoms with Crippen molar-refractivity contribution in [3.05, 3.63) is 48.2 Å². The Morgan fingerprint density at radius 3 is 2.57 bits per heavy atom. The molecule has 5 rings (SSSR count). The number of nitrogens with one attached hydrogen (secondary N) is 1. The molecule has 1 saturated carbocycles. The molecule has 0 bridgehead atoms. The van der Waals surface area contributed by atoms with Gasteiger partial charge in [0.15, 0.2) is 0 Å². The van der Waals surface area contributed by atoms with Crippen LogP contribution >= 0.6 is 0 Å². The number of fused-ring (bicyclic) bond motifs is 1. The molecule has 0 spiro atoms. The first-order valence-electron chi connectivity index (χ1n) is 11.1. The molecule has 158 valence electrons. The molecule has 3 heterocycles. The number of carbonyl (C=O) groups excluding carboxylic acids is 1. The molecule has 2 aliphatic heterocycles. The first-order valence-corrected chi connectivity index (χ1v) is 11.1. The van der Waals surface area contributed by atoms with E-state index in [4.69, 9.17) is 9.72 Å². The van der Waals surface area contributed by atoms with Gasteiger partial charge in [-0.1, -0.05) is 25.1 Å². The van der Waals surface area contributed by atoms with Crippen LogP contribution in [-0.4, -0.2) is 43.2 Å². The normalized spacial score (nSPS) is 26.3. The molecule has 0 unspecified atom stereocenters. The second kappa shape index (κ2) is 7.91. The molecule has 2 aromatic rings. The maximum absolute atomic E-state index is 12.7. The lowest BCUT2D eigenvalue weighted by Gasteiger charge is -2.45. The molecule has 1 aromatic carbocycles. The van der Waals surface area contributed by atoms with Gasteiger partial charge in [0.25, 0.3) is 0 Å². The van der Waals surface area contributed by atoms with E-state index < -0.39 is 0 Å². The minimum absolute atomic E-state index is 0.0878. The van der Waals surface area contributed by atoms with Gasteiger partial charge in [-0.15, -0.1) is 0 Å². The number of benzene rings is 1. The number of rotatable bonds is 4. The van der Waals surface area contributed by atoms with Crippen LogP contribution in [0.2, 0.25) is 0 Å². The van der Waals surface area contributed by atoms with Crippen molar-refractivity contribution < 1.29 is 9.53 Å². The van der Waals surface area contributed by atoms with Crippen molar-refractivity contribution in [1.29, 1.82) is 0 Å². The second-order valence-electron chi connectivity index (χ2n) is 8.77. The first kappa shape index (κ1) is 19.4. The van der Waals surface area contributed by atoms with E-state index in [0.717, 1.165) is 49.1 Å². The Hall–Kier alpha value is -2.60. The van der Waals surface area contributed by atoms with E-state index in [2.05, 4.69) is 47.5 Å². The molecule has 1 saturated heterocycles. The number of pyridine rings is 1.